The van der Waals surface area contributed by atoms with Gasteiger partial charge >= 0.3 is 0 Å². The first-order valence-electron chi connectivity index (χ1n) is 9.93. The Hall–Kier alpha value is -3.54. The fourth-order valence-electron chi connectivity index (χ4n) is 3.58. The van der Waals surface area contributed by atoms with Crippen LogP contribution in [0.15, 0.2) is 70.4 Å². The summed E-state index contributed by atoms with van der Waals surface area (Å²) in [5.41, 5.74) is 4.94. The molecule has 0 bridgehead atoms. The number of nitrogens with one attached hydrogen (secondary N) is 1. The zero-order valence-electron chi connectivity index (χ0n) is 17.4. The summed E-state index contributed by atoms with van der Waals surface area (Å²) in [7, 11) is 1.61. The summed E-state index contributed by atoms with van der Waals surface area (Å²) in [6, 6.07) is 17.5. The Morgan fingerprint density at radius 3 is 2.63 bits per heavy atom. The minimum absolute atomic E-state index is 0.0989. The zero-order chi connectivity index (χ0) is 21.1. The average molecular weight is 403 g/mol. The molecule has 0 aliphatic carbocycles. The number of carbonyl (C=O) groups is 1. The van der Waals surface area contributed by atoms with E-state index in [1.807, 2.05) is 56.3 Å². The number of nitrogens with zero attached hydrogens (tertiary/aromatic N) is 2. The molecule has 1 aromatic heterocycles. The van der Waals surface area contributed by atoms with Crippen LogP contribution in [0.25, 0.3) is 0 Å². The molecule has 6 nitrogen and oxygen atoms in total. The van der Waals surface area contributed by atoms with Crippen LogP contribution in [0.2, 0.25) is 0 Å². The summed E-state index contributed by atoms with van der Waals surface area (Å²) in [6.45, 7) is 4.15. The average Bonchev–Trinajstić information content (AvgIpc) is 3.42. The van der Waals surface area contributed by atoms with Gasteiger partial charge in [-0.3, -0.25) is 4.79 Å². The van der Waals surface area contributed by atoms with Crippen molar-refractivity contribution < 1.29 is 13.9 Å². The summed E-state index contributed by atoms with van der Waals surface area (Å²) in [5.74, 6) is 1.28. The first-order valence-corrected chi connectivity index (χ1v) is 9.93. The van der Waals surface area contributed by atoms with Gasteiger partial charge in [0.1, 0.15) is 17.6 Å². The second-order valence-electron chi connectivity index (χ2n) is 7.44. The molecule has 4 rings (SSSR count). The minimum atomic E-state index is -0.259. The monoisotopic (exact) mass is 403 g/mol. The summed E-state index contributed by atoms with van der Waals surface area (Å²) < 4.78 is 11.0. The smallest absolute Gasteiger partial charge is 0.262 e. The standard InChI is InChI=1S/C24H25N3O3/c1-16-6-9-18(10-7-16)19-14-21(23-5-4-12-30-23)27(26-19)24(28)15-25-20-13-17(2)8-11-22(20)29-3/h4-13,21,25H,14-15H2,1-3H3. The number of aryl methyl sites for hydroxylation is 2. The highest BCUT2D eigenvalue weighted by molar-refractivity contribution is 6.03. The lowest BCUT2D eigenvalue weighted by atomic mass is 10.0. The van der Waals surface area contributed by atoms with E-state index in [9.17, 15) is 4.79 Å². The van der Waals surface area contributed by atoms with E-state index >= 15 is 0 Å². The lowest BCUT2D eigenvalue weighted by Gasteiger charge is -2.20. The minimum Gasteiger partial charge on any atom is -0.495 e. The summed E-state index contributed by atoms with van der Waals surface area (Å²) in [5, 5.41) is 9.39. The number of rotatable bonds is 6. The maximum atomic E-state index is 13.1. The van der Waals surface area contributed by atoms with Crippen molar-refractivity contribution in [1.82, 2.24) is 5.01 Å². The van der Waals surface area contributed by atoms with E-state index in [4.69, 9.17) is 9.15 Å². The van der Waals surface area contributed by atoms with Crippen LogP contribution in [-0.2, 0) is 4.79 Å². The van der Waals surface area contributed by atoms with E-state index in [1.54, 1.807) is 13.4 Å². The van der Waals surface area contributed by atoms with Gasteiger partial charge in [-0.05, 0) is 49.2 Å². The van der Waals surface area contributed by atoms with Gasteiger partial charge in [0.15, 0.2) is 0 Å². The van der Waals surface area contributed by atoms with Crippen LogP contribution in [0.3, 0.4) is 0 Å². The van der Waals surface area contributed by atoms with E-state index in [0.29, 0.717) is 12.2 Å². The van der Waals surface area contributed by atoms with Gasteiger partial charge in [-0.25, -0.2) is 5.01 Å². The van der Waals surface area contributed by atoms with Gasteiger partial charge in [-0.15, -0.1) is 0 Å². The van der Waals surface area contributed by atoms with Crippen molar-refractivity contribution in [3.63, 3.8) is 0 Å². The highest BCUT2D eigenvalue weighted by Crippen LogP contribution is 2.33. The van der Waals surface area contributed by atoms with Gasteiger partial charge in [0.2, 0.25) is 0 Å². The van der Waals surface area contributed by atoms with Gasteiger partial charge in [-0.1, -0.05) is 35.9 Å². The third-order valence-electron chi connectivity index (χ3n) is 5.21. The fraction of sp³-hybridized carbons (Fsp3) is 0.250. The second kappa shape index (κ2) is 8.45. The Balaban J connectivity index is 1.56. The van der Waals surface area contributed by atoms with Crippen molar-refractivity contribution in [3.8, 4) is 5.75 Å². The fourth-order valence-corrected chi connectivity index (χ4v) is 3.58. The zero-order valence-corrected chi connectivity index (χ0v) is 17.4. The number of methoxy groups -OCH3 is 1. The molecule has 30 heavy (non-hydrogen) atoms. The molecule has 0 fully saturated rings. The number of hydrazone groups is 1. The van der Waals surface area contributed by atoms with Crippen molar-refractivity contribution in [3.05, 3.63) is 83.3 Å². The molecule has 1 aliphatic heterocycles. The lowest BCUT2D eigenvalue weighted by Crippen LogP contribution is -2.32. The number of hydrogen-bond donors (Lipinski definition) is 1. The molecular formula is C24H25N3O3. The topological polar surface area (TPSA) is 67.1 Å². The normalized spacial score (nSPS) is 15.8. The first kappa shape index (κ1) is 19.8. The predicted molar refractivity (Wildman–Crippen MR) is 117 cm³/mol. The molecular weight excluding hydrogens is 378 g/mol. The molecule has 0 saturated carbocycles. The van der Waals surface area contributed by atoms with Crippen LogP contribution in [0, 0.1) is 13.8 Å². The molecule has 154 valence electrons. The highest BCUT2D eigenvalue weighted by atomic mass is 16.5. The molecule has 3 aromatic rings. The maximum Gasteiger partial charge on any atom is 0.262 e. The predicted octanol–water partition coefficient (Wildman–Crippen LogP) is 4.69. The first-order chi connectivity index (χ1) is 14.5. The Morgan fingerprint density at radius 1 is 1.17 bits per heavy atom. The summed E-state index contributed by atoms with van der Waals surface area (Å²) >= 11 is 0. The molecule has 0 spiro atoms. The molecule has 1 atom stereocenters. The summed E-state index contributed by atoms with van der Waals surface area (Å²) in [6.07, 6.45) is 2.23. The lowest BCUT2D eigenvalue weighted by molar-refractivity contribution is -0.131. The molecule has 1 N–H and O–H groups in total. The van der Waals surface area contributed by atoms with Gasteiger partial charge < -0.3 is 14.5 Å². The van der Waals surface area contributed by atoms with Gasteiger partial charge in [-0.2, -0.15) is 5.10 Å². The van der Waals surface area contributed by atoms with Crippen LogP contribution in [-0.4, -0.2) is 30.3 Å². The Labute approximate surface area is 176 Å². The third-order valence-corrected chi connectivity index (χ3v) is 5.21. The Bertz CT molecular complexity index is 1060. The molecule has 1 aliphatic rings. The van der Waals surface area contributed by atoms with E-state index in [-0.39, 0.29) is 18.5 Å². The van der Waals surface area contributed by atoms with Gasteiger partial charge in [0.25, 0.3) is 5.91 Å². The van der Waals surface area contributed by atoms with Crippen molar-refractivity contribution in [2.75, 3.05) is 19.0 Å². The van der Waals surface area contributed by atoms with Crippen LogP contribution in [0.1, 0.15) is 34.9 Å². The number of furan rings is 1. The van der Waals surface area contributed by atoms with E-state index in [1.165, 1.54) is 10.6 Å². The highest BCUT2D eigenvalue weighted by Gasteiger charge is 2.34. The van der Waals surface area contributed by atoms with Crippen LogP contribution < -0.4 is 10.1 Å². The maximum absolute atomic E-state index is 13.1. The van der Waals surface area contributed by atoms with E-state index in [0.717, 1.165) is 28.3 Å². The number of hydrogen-bond acceptors (Lipinski definition) is 5. The van der Waals surface area contributed by atoms with Crippen LogP contribution in [0.4, 0.5) is 5.69 Å². The van der Waals surface area contributed by atoms with Crippen molar-refractivity contribution in [2.24, 2.45) is 5.10 Å². The van der Waals surface area contributed by atoms with Crippen molar-refractivity contribution in [1.29, 1.82) is 0 Å². The van der Waals surface area contributed by atoms with Gasteiger partial charge in [0.05, 0.1) is 31.3 Å². The van der Waals surface area contributed by atoms with Crippen molar-refractivity contribution in [2.45, 2.75) is 26.3 Å². The molecule has 2 aromatic carbocycles. The molecule has 1 unspecified atom stereocenters. The number of amides is 1. The van der Waals surface area contributed by atoms with E-state index in [2.05, 4.69) is 22.6 Å². The number of ether oxygens (including phenoxy) is 1. The summed E-state index contributed by atoms with van der Waals surface area (Å²) in [4.78, 5) is 13.1. The van der Waals surface area contributed by atoms with Gasteiger partial charge in [0, 0.05) is 6.42 Å². The molecule has 0 radical (unpaired) electrons. The van der Waals surface area contributed by atoms with Crippen LogP contribution >= 0.6 is 0 Å². The van der Waals surface area contributed by atoms with Crippen molar-refractivity contribution >= 4 is 17.3 Å². The number of carbonyl (C=O) groups excluding carboxylic acids is 1. The number of anilines is 1. The largest absolute Gasteiger partial charge is 0.495 e. The van der Waals surface area contributed by atoms with Crippen LogP contribution in [0.5, 0.6) is 5.75 Å². The Kier molecular flexibility index (Phi) is 5.57. The van der Waals surface area contributed by atoms with E-state index < -0.39 is 0 Å². The molecule has 1 amide bonds. The number of benzene rings is 2. The Morgan fingerprint density at radius 2 is 1.93 bits per heavy atom. The quantitative estimate of drug-likeness (QED) is 0.648. The molecule has 2 heterocycles. The third kappa shape index (κ3) is 4.08. The molecule has 6 heteroatoms. The second-order valence-corrected chi connectivity index (χ2v) is 7.44. The molecule has 0 saturated heterocycles. The SMILES string of the molecule is COc1ccc(C)cc1NCC(=O)N1N=C(c2ccc(C)cc2)CC1c1ccco1.